The number of amides is 1. The Balaban J connectivity index is 1.35. The van der Waals surface area contributed by atoms with Crippen molar-refractivity contribution >= 4 is 34.6 Å². The van der Waals surface area contributed by atoms with Crippen LogP contribution in [0, 0.1) is 0 Å². The minimum Gasteiger partial charge on any atom is -0.477 e. The molecule has 3 heterocycles. The van der Waals surface area contributed by atoms with Gasteiger partial charge in [-0.15, -0.1) is 11.3 Å². The monoisotopic (exact) mass is 412 g/mol. The van der Waals surface area contributed by atoms with E-state index in [0.717, 1.165) is 53.9 Å². The molecule has 8 nitrogen and oxygen atoms in total. The first-order chi connectivity index (χ1) is 14.1. The number of carboxylic acids is 1. The summed E-state index contributed by atoms with van der Waals surface area (Å²) < 4.78 is 6.90. The zero-order chi connectivity index (χ0) is 20.2. The molecule has 1 saturated heterocycles. The number of carbonyl (C=O) groups excluding carboxylic acids is 1. The predicted octanol–water partition coefficient (Wildman–Crippen LogP) is 2.79. The molecule has 1 aliphatic rings. The van der Waals surface area contributed by atoms with Crippen LogP contribution < -0.4 is 10.2 Å². The van der Waals surface area contributed by atoms with Crippen molar-refractivity contribution in [3.05, 3.63) is 53.5 Å². The number of carboxylic acid groups (broad SMARTS) is 1. The van der Waals surface area contributed by atoms with E-state index in [9.17, 15) is 9.59 Å². The predicted molar refractivity (Wildman–Crippen MR) is 111 cm³/mol. The minimum absolute atomic E-state index is 0.0718. The summed E-state index contributed by atoms with van der Waals surface area (Å²) in [5.74, 6) is -1.14. The Kier molecular flexibility index (Phi) is 5.59. The lowest BCUT2D eigenvalue weighted by Gasteiger charge is -2.28. The number of rotatable bonds is 6. The lowest BCUT2D eigenvalue weighted by atomic mass is 10.2. The molecule has 29 heavy (non-hydrogen) atoms. The lowest BCUT2D eigenvalue weighted by molar-refractivity contribution is -0.116. The van der Waals surface area contributed by atoms with Crippen LogP contribution in [0.3, 0.4) is 0 Å². The minimum atomic E-state index is -0.959. The van der Waals surface area contributed by atoms with Crippen LogP contribution >= 0.6 is 11.3 Å². The van der Waals surface area contributed by atoms with Gasteiger partial charge in [0.05, 0.1) is 18.1 Å². The van der Waals surface area contributed by atoms with Gasteiger partial charge in [0.2, 0.25) is 5.91 Å². The van der Waals surface area contributed by atoms with Gasteiger partial charge in [0.15, 0.2) is 0 Å². The molecule has 0 radical (unpaired) electrons. The average Bonchev–Trinajstić information content (AvgIpc) is 3.39. The van der Waals surface area contributed by atoms with E-state index in [-0.39, 0.29) is 17.3 Å². The second-order valence-electron chi connectivity index (χ2n) is 6.56. The normalized spacial score (nSPS) is 14.0. The van der Waals surface area contributed by atoms with Gasteiger partial charge in [-0.3, -0.25) is 9.48 Å². The molecular weight excluding hydrogens is 392 g/mol. The zero-order valence-electron chi connectivity index (χ0n) is 15.6. The molecule has 2 N–H and O–H groups in total. The van der Waals surface area contributed by atoms with Crippen LogP contribution in [-0.2, 0) is 16.1 Å². The summed E-state index contributed by atoms with van der Waals surface area (Å²) in [6, 6.07) is 12.8. The number of benzene rings is 1. The van der Waals surface area contributed by atoms with E-state index in [0.29, 0.717) is 5.69 Å². The van der Waals surface area contributed by atoms with E-state index >= 15 is 0 Å². The van der Waals surface area contributed by atoms with Gasteiger partial charge in [-0.05, 0) is 42.5 Å². The number of carbonyl (C=O) groups is 2. The SMILES string of the molecule is O=C(Cn1ccc(-c2ccc(C(=O)O)s2)n1)Nc1ccc(N2CCOCC2)cc1. The third-order valence-corrected chi connectivity index (χ3v) is 5.64. The smallest absolute Gasteiger partial charge is 0.345 e. The zero-order valence-corrected chi connectivity index (χ0v) is 16.4. The Morgan fingerprint density at radius 2 is 1.86 bits per heavy atom. The first-order valence-electron chi connectivity index (χ1n) is 9.18. The van der Waals surface area contributed by atoms with Gasteiger partial charge in [-0.25, -0.2) is 4.79 Å². The van der Waals surface area contributed by atoms with Gasteiger partial charge in [-0.1, -0.05) is 0 Å². The first-order valence-corrected chi connectivity index (χ1v) is 10.00. The van der Waals surface area contributed by atoms with Crippen LogP contribution in [0.4, 0.5) is 11.4 Å². The second kappa shape index (κ2) is 8.46. The number of aromatic nitrogens is 2. The highest BCUT2D eigenvalue weighted by atomic mass is 32.1. The first kappa shape index (κ1) is 19.2. The van der Waals surface area contributed by atoms with E-state index < -0.39 is 5.97 Å². The molecule has 0 aliphatic carbocycles. The number of nitrogens with one attached hydrogen (secondary N) is 1. The van der Waals surface area contributed by atoms with Gasteiger partial charge in [0.25, 0.3) is 0 Å². The number of nitrogens with zero attached hydrogens (tertiary/aromatic N) is 3. The number of ether oxygens (including phenoxy) is 1. The number of hydrogen-bond donors (Lipinski definition) is 2. The fraction of sp³-hybridized carbons (Fsp3) is 0.250. The molecule has 1 aliphatic heterocycles. The Bertz CT molecular complexity index is 1010. The van der Waals surface area contributed by atoms with Crippen LogP contribution in [0.15, 0.2) is 48.7 Å². The number of hydrogen-bond acceptors (Lipinski definition) is 6. The summed E-state index contributed by atoms with van der Waals surface area (Å²) in [4.78, 5) is 26.6. The summed E-state index contributed by atoms with van der Waals surface area (Å²) in [5, 5.41) is 16.3. The molecule has 1 aromatic carbocycles. The van der Waals surface area contributed by atoms with Crippen molar-refractivity contribution in [2.45, 2.75) is 6.54 Å². The van der Waals surface area contributed by atoms with E-state index in [4.69, 9.17) is 9.84 Å². The maximum atomic E-state index is 12.3. The van der Waals surface area contributed by atoms with Crippen molar-refractivity contribution in [2.75, 3.05) is 36.5 Å². The fourth-order valence-corrected chi connectivity index (χ4v) is 3.91. The fourth-order valence-electron chi connectivity index (χ4n) is 3.10. The highest BCUT2D eigenvalue weighted by Crippen LogP contribution is 2.26. The maximum absolute atomic E-state index is 12.3. The number of anilines is 2. The Labute approximate surface area is 171 Å². The maximum Gasteiger partial charge on any atom is 0.345 e. The molecule has 1 amide bonds. The van der Waals surface area contributed by atoms with Crippen molar-refractivity contribution in [1.82, 2.24) is 9.78 Å². The standard InChI is InChI=1S/C20H20N4O4S/c25-19(21-14-1-3-15(4-2-14)23-9-11-28-12-10-23)13-24-8-7-16(22-24)17-5-6-18(29-17)20(26)27/h1-8H,9-13H2,(H,21,25)(H,26,27). The molecule has 2 aromatic heterocycles. The molecule has 4 rings (SSSR count). The van der Waals surface area contributed by atoms with Crippen LogP contribution in [0.5, 0.6) is 0 Å². The van der Waals surface area contributed by atoms with Gasteiger partial charge in [-0.2, -0.15) is 5.10 Å². The van der Waals surface area contributed by atoms with Crippen molar-refractivity contribution in [1.29, 1.82) is 0 Å². The molecule has 150 valence electrons. The van der Waals surface area contributed by atoms with Gasteiger partial charge >= 0.3 is 5.97 Å². The van der Waals surface area contributed by atoms with E-state index in [1.807, 2.05) is 24.3 Å². The Morgan fingerprint density at radius 3 is 2.55 bits per heavy atom. The average molecular weight is 412 g/mol. The van der Waals surface area contributed by atoms with Crippen LogP contribution in [0.1, 0.15) is 9.67 Å². The van der Waals surface area contributed by atoms with Gasteiger partial charge < -0.3 is 20.1 Å². The summed E-state index contributed by atoms with van der Waals surface area (Å²) in [6.45, 7) is 3.26. The molecule has 0 bridgehead atoms. The van der Waals surface area contributed by atoms with E-state index in [2.05, 4.69) is 15.3 Å². The topological polar surface area (TPSA) is 96.7 Å². The molecule has 0 spiro atoms. The highest BCUT2D eigenvalue weighted by Gasteiger charge is 2.13. The molecule has 3 aromatic rings. The molecule has 0 unspecified atom stereocenters. The molecule has 0 saturated carbocycles. The second-order valence-corrected chi connectivity index (χ2v) is 7.65. The number of aromatic carboxylic acids is 1. The number of morpholine rings is 1. The Hall–Kier alpha value is -3.17. The van der Waals surface area contributed by atoms with Gasteiger partial charge in [0, 0.05) is 30.7 Å². The van der Waals surface area contributed by atoms with Crippen molar-refractivity contribution in [3.8, 4) is 10.6 Å². The van der Waals surface area contributed by atoms with Crippen molar-refractivity contribution in [3.63, 3.8) is 0 Å². The van der Waals surface area contributed by atoms with Crippen LogP contribution in [0.25, 0.3) is 10.6 Å². The van der Waals surface area contributed by atoms with Gasteiger partial charge in [0.1, 0.15) is 17.1 Å². The quantitative estimate of drug-likeness (QED) is 0.646. The summed E-state index contributed by atoms with van der Waals surface area (Å²) in [7, 11) is 0. The molecule has 9 heteroatoms. The summed E-state index contributed by atoms with van der Waals surface area (Å²) >= 11 is 1.15. The van der Waals surface area contributed by atoms with E-state index in [1.165, 1.54) is 4.68 Å². The lowest BCUT2D eigenvalue weighted by Crippen LogP contribution is -2.36. The molecule has 1 fully saturated rings. The summed E-state index contributed by atoms with van der Waals surface area (Å²) in [5.41, 5.74) is 2.48. The molecular formula is C20H20N4O4S. The van der Waals surface area contributed by atoms with Crippen molar-refractivity contribution in [2.24, 2.45) is 0 Å². The third-order valence-electron chi connectivity index (χ3n) is 4.54. The summed E-state index contributed by atoms with van der Waals surface area (Å²) in [6.07, 6.45) is 1.70. The highest BCUT2D eigenvalue weighted by molar-refractivity contribution is 7.17. The van der Waals surface area contributed by atoms with Crippen molar-refractivity contribution < 1.29 is 19.4 Å². The van der Waals surface area contributed by atoms with Crippen LogP contribution in [0.2, 0.25) is 0 Å². The molecule has 0 atom stereocenters. The van der Waals surface area contributed by atoms with E-state index in [1.54, 1.807) is 24.4 Å². The third kappa shape index (κ3) is 4.64. The largest absolute Gasteiger partial charge is 0.477 e. The van der Waals surface area contributed by atoms with Crippen LogP contribution in [-0.4, -0.2) is 53.1 Å². The number of thiophene rings is 1. The Morgan fingerprint density at radius 1 is 1.10 bits per heavy atom.